The summed E-state index contributed by atoms with van der Waals surface area (Å²) in [6, 6.07) is 1.68. The van der Waals surface area contributed by atoms with Gasteiger partial charge in [-0.1, -0.05) is 0 Å². The van der Waals surface area contributed by atoms with Crippen molar-refractivity contribution in [2.45, 2.75) is 19.7 Å². The molecule has 0 saturated carbocycles. The summed E-state index contributed by atoms with van der Waals surface area (Å²) in [7, 11) is 1.64. The van der Waals surface area contributed by atoms with Crippen LogP contribution in [0.3, 0.4) is 0 Å². The molecule has 0 N–H and O–H groups in total. The number of rotatable bonds is 3. The molecule has 19 heavy (non-hydrogen) atoms. The molecule has 1 aliphatic heterocycles. The maximum Gasteiger partial charge on any atom is 0.257 e. The van der Waals surface area contributed by atoms with E-state index in [0.29, 0.717) is 25.3 Å². The van der Waals surface area contributed by atoms with E-state index in [4.69, 9.17) is 9.15 Å². The molecule has 6 heteroatoms. The Kier molecular flexibility index (Phi) is 3.08. The number of aromatic nitrogens is 2. The minimum Gasteiger partial charge on any atom is -0.472 e. The number of nitrogens with zero attached hydrogens (tertiary/aromatic N) is 3. The van der Waals surface area contributed by atoms with Crippen LogP contribution in [-0.2, 0) is 24.4 Å². The summed E-state index contributed by atoms with van der Waals surface area (Å²) in [5.74, 6) is -0.00966. The molecule has 3 rings (SSSR count). The van der Waals surface area contributed by atoms with Gasteiger partial charge < -0.3 is 18.6 Å². The van der Waals surface area contributed by atoms with E-state index in [2.05, 4.69) is 9.55 Å². The molecule has 0 saturated heterocycles. The summed E-state index contributed by atoms with van der Waals surface area (Å²) in [5.41, 5.74) is 2.53. The van der Waals surface area contributed by atoms with Crippen LogP contribution in [0.4, 0.5) is 0 Å². The maximum absolute atomic E-state index is 12.3. The van der Waals surface area contributed by atoms with Crippen LogP contribution in [-0.4, -0.2) is 34.0 Å². The summed E-state index contributed by atoms with van der Waals surface area (Å²) >= 11 is 0. The van der Waals surface area contributed by atoms with Gasteiger partial charge in [-0.15, -0.1) is 0 Å². The molecule has 0 fully saturated rings. The van der Waals surface area contributed by atoms with Gasteiger partial charge in [-0.3, -0.25) is 4.79 Å². The average Bonchev–Trinajstić information content (AvgIpc) is 3.08. The second kappa shape index (κ2) is 4.89. The topological polar surface area (TPSA) is 60.5 Å². The van der Waals surface area contributed by atoms with Crippen molar-refractivity contribution >= 4 is 5.91 Å². The number of carbonyl (C=O) groups excluding carboxylic acids is 1. The number of methoxy groups -OCH3 is 1. The van der Waals surface area contributed by atoms with Crippen LogP contribution in [0.25, 0.3) is 0 Å². The van der Waals surface area contributed by atoms with Crippen LogP contribution < -0.4 is 0 Å². The number of hydrogen-bond donors (Lipinski definition) is 0. The Balaban J connectivity index is 1.81. The van der Waals surface area contributed by atoms with E-state index in [1.807, 2.05) is 6.33 Å². The fourth-order valence-electron chi connectivity index (χ4n) is 2.31. The van der Waals surface area contributed by atoms with Crippen LogP contribution in [0.5, 0.6) is 0 Å². The molecule has 1 amide bonds. The Labute approximate surface area is 110 Å². The smallest absolute Gasteiger partial charge is 0.257 e. The predicted octanol–water partition coefficient (Wildman–Crippen LogP) is 1.28. The molecule has 0 unspecified atom stereocenters. The van der Waals surface area contributed by atoms with Crippen molar-refractivity contribution in [3.63, 3.8) is 0 Å². The van der Waals surface area contributed by atoms with Gasteiger partial charge in [0.25, 0.3) is 5.91 Å². The second-order valence-electron chi connectivity index (χ2n) is 4.50. The molecule has 100 valence electrons. The van der Waals surface area contributed by atoms with Crippen LogP contribution in [0, 0.1) is 0 Å². The van der Waals surface area contributed by atoms with Crippen molar-refractivity contribution in [1.82, 2.24) is 14.5 Å². The Morgan fingerprint density at radius 2 is 2.42 bits per heavy atom. The lowest BCUT2D eigenvalue weighted by Gasteiger charge is -2.28. The van der Waals surface area contributed by atoms with E-state index in [9.17, 15) is 4.79 Å². The van der Waals surface area contributed by atoms with Gasteiger partial charge in [0, 0.05) is 20.2 Å². The highest BCUT2D eigenvalue weighted by Gasteiger charge is 2.24. The first-order chi connectivity index (χ1) is 9.29. The lowest BCUT2D eigenvalue weighted by Crippen LogP contribution is -2.38. The van der Waals surface area contributed by atoms with Gasteiger partial charge in [0.1, 0.15) is 6.26 Å². The molecule has 0 bridgehead atoms. The third-order valence-electron chi connectivity index (χ3n) is 3.32. The van der Waals surface area contributed by atoms with E-state index in [0.717, 1.165) is 17.9 Å². The Bertz CT molecular complexity index is 574. The Morgan fingerprint density at radius 3 is 3.16 bits per heavy atom. The summed E-state index contributed by atoms with van der Waals surface area (Å²) in [5, 5.41) is 0. The van der Waals surface area contributed by atoms with Gasteiger partial charge in [-0.25, -0.2) is 4.98 Å². The van der Waals surface area contributed by atoms with E-state index in [1.165, 1.54) is 12.5 Å². The molecule has 3 heterocycles. The van der Waals surface area contributed by atoms with Crippen LogP contribution >= 0.6 is 0 Å². The number of carbonyl (C=O) groups is 1. The first-order valence-corrected chi connectivity index (χ1v) is 6.13. The Hall–Kier alpha value is -2.08. The number of fused-ring (bicyclic) bond motifs is 1. The van der Waals surface area contributed by atoms with Gasteiger partial charge in [0.15, 0.2) is 0 Å². The zero-order valence-electron chi connectivity index (χ0n) is 10.7. The minimum atomic E-state index is -0.00966. The molecule has 2 aromatic heterocycles. The standard InChI is InChI=1S/C13H15N3O3/c1-18-8-11-12-6-15(3-4-16(12)9-14-11)13(17)10-2-5-19-7-10/h2,5,7,9H,3-4,6,8H2,1H3. The zero-order valence-corrected chi connectivity index (χ0v) is 10.7. The number of hydrogen-bond acceptors (Lipinski definition) is 4. The minimum absolute atomic E-state index is 0.00966. The highest BCUT2D eigenvalue weighted by molar-refractivity contribution is 5.93. The fraction of sp³-hybridized carbons (Fsp3) is 0.385. The quantitative estimate of drug-likeness (QED) is 0.835. The second-order valence-corrected chi connectivity index (χ2v) is 4.50. The molecular formula is C13H15N3O3. The molecule has 1 aliphatic rings. The maximum atomic E-state index is 12.3. The molecular weight excluding hydrogens is 246 g/mol. The van der Waals surface area contributed by atoms with Crippen LogP contribution in [0.2, 0.25) is 0 Å². The first kappa shape index (κ1) is 12.0. The molecule has 0 aromatic carbocycles. The van der Waals surface area contributed by atoms with Crippen LogP contribution in [0.15, 0.2) is 29.3 Å². The lowest BCUT2D eigenvalue weighted by molar-refractivity contribution is 0.0707. The van der Waals surface area contributed by atoms with Gasteiger partial charge >= 0.3 is 0 Å². The zero-order chi connectivity index (χ0) is 13.2. The van der Waals surface area contributed by atoms with Crippen LogP contribution in [0.1, 0.15) is 21.7 Å². The van der Waals surface area contributed by atoms with Gasteiger partial charge in [-0.2, -0.15) is 0 Å². The first-order valence-electron chi connectivity index (χ1n) is 6.13. The van der Waals surface area contributed by atoms with Crippen molar-refractivity contribution in [3.05, 3.63) is 41.9 Å². The predicted molar refractivity (Wildman–Crippen MR) is 66.4 cm³/mol. The van der Waals surface area contributed by atoms with Gasteiger partial charge in [0.2, 0.25) is 0 Å². The Morgan fingerprint density at radius 1 is 1.53 bits per heavy atom. The third-order valence-corrected chi connectivity index (χ3v) is 3.32. The van der Waals surface area contributed by atoms with Crippen molar-refractivity contribution in [2.75, 3.05) is 13.7 Å². The molecule has 0 radical (unpaired) electrons. The SMILES string of the molecule is COCc1ncn2c1CN(C(=O)c1ccoc1)CC2. The van der Waals surface area contributed by atoms with Crippen molar-refractivity contribution in [2.24, 2.45) is 0 Å². The summed E-state index contributed by atoms with van der Waals surface area (Å²) in [6.07, 6.45) is 4.80. The van der Waals surface area contributed by atoms with Crippen molar-refractivity contribution in [1.29, 1.82) is 0 Å². The largest absolute Gasteiger partial charge is 0.472 e. The van der Waals surface area contributed by atoms with Crippen molar-refractivity contribution < 1.29 is 13.9 Å². The molecule has 0 aliphatic carbocycles. The van der Waals surface area contributed by atoms with E-state index in [-0.39, 0.29) is 5.91 Å². The van der Waals surface area contributed by atoms with Crippen molar-refractivity contribution in [3.8, 4) is 0 Å². The highest BCUT2D eigenvalue weighted by Crippen LogP contribution is 2.19. The fourth-order valence-corrected chi connectivity index (χ4v) is 2.31. The lowest BCUT2D eigenvalue weighted by atomic mass is 10.2. The molecule has 0 spiro atoms. The summed E-state index contributed by atoms with van der Waals surface area (Å²) in [4.78, 5) is 18.4. The normalized spacial score (nSPS) is 14.5. The van der Waals surface area contributed by atoms with E-state index >= 15 is 0 Å². The summed E-state index contributed by atoms with van der Waals surface area (Å²) in [6.45, 7) is 2.47. The van der Waals surface area contributed by atoms with E-state index < -0.39 is 0 Å². The van der Waals surface area contributed by atoms with E-state index in [1.54, 1.807) is 18.1 Å². The van der Waals surface area contributed by atoms with Gasteiger partial charge in [0.05, 0.1) is 42.7 Å². The molecule has 0 atom stereocenters. The average molecular weight is 261 g/mol. The van der Waals surface area contributed by atoms with Gasteiger partial charge in [-0.05, 0) is 6.07 Å². The highest BCUT2D eigenvalue weighted by atomic mass is 16.5. The molecule has 6 nitrogen and oxygen atoms in total. The third kappa shape index (κ3) is 2.15. The number of ether oxygens (including phenoxy) is 1. The molecule has 2 aromatic rings. The monoisotopic (exact) mass is 261 g/mol. The number of amides is 1. The number of imidazole rings is 1. The summed E-state index contributed by atoms with van der Waals surface area (Å²) < 4.78 is 12.2. The number of furan rings is 1.